The van der Waals surface area contributed by atoms with Crippen LogP contribution in [0.5, 0.6) is 0 Å². The smallest absolute Gasteiger partial charge is 0.229 e. The zero-order valence-electron chi connectivity index (χ0n) is 13.5. The summed E-state index contributed by atoms with van der Waals surface area (Å²) >= 11 is 6.22. The standard InChI is InChI=1S/C20H17ClN4/c1-3-14-7-5-9-16(11-14)23-19-18(21)13-22-20(25-19)24-17-10-6-8-15(4-2)12-17/h3-13H,1-2H2,(H2,22,23,24,25). The molecule has 0 bridgehead atoms. The molecular weight excluding hydrogens is 332 g/mol. The maximum absolute atomic E-state index is 6.22. The molecule has 0 saturated heterocycles. The monoisotopic (exact) mass is 348 g/mol. The Bertz CT molecular complexity index is 921. The van der Waals surface area contributed by atoms with Crippen molar-refractivity contribution in [1.82, 2.24) is 9.97 Å². The Labute approximate surface area is 151 Å². The number of nitrogens with one attached hydrogen (secondary N) is 2. The van der Waals surface area contributed by atoms with Gasteiger partial charge < -0.3 is 10.6 Å². The largest absolute Gasteiger partial charge is 0.339 e. The highest BCUT2D eigenvalue weighted by atomic mass is 35.5. The van der Waals surface area contributed by atoms with Gasteiger partial charge in [0, 0.05) is 11.4 Å². The average Bonchev–Trinajstić information content (AvgIpc) is 2.65. The molecule has 0 aliphatic rings. The van der Waals surface area contributed by atoms with Gasteiger partial charge in [0.15, 0.2) is 5.82 Å². The van der Waals surface area contributed by atoms with Crippen molar-refractivity contribution in [3.63, 3.8) is 0 Å². The Morgan fingerprint density at radius 3 is 2.08 bits per heavy atom. The minimum absolute atomic E-state index is 0.439. The predicted molar refractivity (Wildman–Crippen MR) is 107 cm³/mol. The van der Waals surface area contributed by atoms with Crippen molar-refractivity contribution in [1.29, 1.82) is 0 Å². The summed E-state index contributed by atoms with van der Waals surface area (Å²) in [6, 6.07) is 15.6. The van der Waals surface area contributed by atoms with Crippen molar-refractivity contribution in [2.45, 2.75) is 0 Å². The number of anilines is 4. The first-order valence-electron chi connectivity index (χ1n) is 7.69. The summed E-state index contributed by atoms with van der Waals surface area (Å²) in [5, 5.41) is 6.82. The fraction of sp³-hybridized carbons (Fsp3) is 0. The van der Waals surface area contributed by atoms with Gasteiger partial charge in [0.1, 0.15) is 5.02 Å². The normalized spacial score (nSPS) is 10.1. The van der Waals surface area contributed by atoms with Gasteiger partial charge >= 0.3 is 0 Å². The fourth-order valence-corrected chi connectivity index (χ4v) is 2.41. The lowest BCUT2D eigenvalue weighted by atomic mass is 10.2. The molecular formula is C20H17ClN4. The maximum Gasteiger partial charge on any atom is 0.229 e. The summed E-state index contributed by atoms with van der Waals surface area (Å²) in [5.74, 6) is 0.980. The highest BCUT2D eigenvalue weighted by Gasteiger charge is 2.07. The molecule has 2 N–H and O–H groups in total. The van der Waals surface area contributed by atoms with E-state index in [0.29, 0.717) is 16.8 Å². The first-order valence-corrected chi connectivity index (χ1v) is 8.07. The van der Waals surface area contributed by atoms with Crippen molar-refractivity contribution in [3.8, 4) is 0 Å². The Kier molecular flexibility index (Phi) is 5.11. The summed E-state index contributed by atoms with van der Waals surface area (Å²) < 4.78 is 0. The third kappa shape index (κ3) is 4.25. The van der Waals surface area contributed by atoms with Crippen LogP contribution in [0.15, 0.2) is 67.9 Å². The van der Waals surface area contributed by atoms with Crippen LogP contribution < -0.4 is 10.6 Å². The van der Waals surface area contributed by atoms with Crippen LogP contribution in [0.4, 0.5) is 23.1 Å². The molecule has 1 aromatic heterocycles. The number of aromatic nitrogens is 2. The quantitative estimate of drug-likeness (QED) is 0.582. The van der Waals surface area contributed by atoms with E-state index < -0.39 is 0 Å². The molecule has 0 aliphatic heterocycles. The third-order valence-corrected chi connectivity index (χ3v) is 3.78. The Balaban J connectivity index is 1.84. The predicted octanol–water partition coefficient (Wildman–Crippen LogP) is 5.90. The van der Waals surface area contributed by atoms with Crippen LogP contribution in [0.25, 0.3) is 12.2 Å². The van der Waals surface area contributed by atoms with Crippen LogP contribution in [0, 0.1) is 0 Å². The summed E-state index contributed by atoms with van der Waals surface area (Å²) in [5.41, 5.74) is 3.77. The second-order valence-corrected chi connectivity index (χ2v) is 5.71. The topological polar surface area (TPSA) is 49.8 Å². The first-order chi connectivity index (χ1) is 12.2. The van der Waals surface area contributed by atoms with E-state index in [1.54, 1.807) is 18.3 Å². The van der Waals surface area contributed by atoms with Crippen molar-refractivity contribution in [3.05, 3.63) is 84.0 Å². The van der Waals surface area contributed by atoms with Gasteiger partial charge in [-0.2, -0.15) is 4.98 Å². The van der Waals surface area contributed by atoms with Crippen molar-refractivity contribution < 1.29 is 0 Å². The zero-order valence-corrected chi connectivity index (χ0v) is 14.3. The van der Waals surface area contributed by atoms with E-state index in [1.165, 1.54) is 0 Å². The highest BCUT2D eigenvalue weighted by molar-refractivity contribution is 6.32. The van der Waals surface area contributed by atoms with Gasteiger partial charge in [0.25, 0.3) is 0 Å². The van der Waals surface area contributed by atoms with E-state index >= 15 is 0 Å². The molecule has 2 aromatic carbocycles. The lowest BCUT2D eigenvalue weighted by Gasteiger charge is -2.11. The molecule has 0 radical (unpaired) electrons. The summed E-state index contributed by atoms with van der Waals surface area (Å²) in [4.78, 5) is 8.69. The zero-order chi connectivity index (χ0) is 17.6. The molecule has 0 amide bonds. The van der Waals surface area contributed by atoms with E-state index in [-0.39, 0.29) is 0 Å². The second-order valence-electron chi connectivity index (χ2n) is 5.30. The number of rotatable bonds is 6. The number of halogens is 1. The summed E-state index contributed by atoms with van der Waals surface area (Å²) in [6.07, 6.45) is 5.13. The number of benzene rings is 2. The minimum atomic E-state index is 0.439. The lowest BCUT2D eigenvalue weighted by molar-refractivity contribution is 1.17. The minimum Gasteiger partial charge on any atom is -0.339 e. The van der Waals surface area contributed by atoms with E-state index in [1.807, 2.05) is 48.5 Å². The van der Waals surface area contributed by atoms with E-state index in [9.17, 15) is 0 Å². The van der Waals surface area contributed by atoms with Crippen molar-refractivity contribution >= 4 is 46.9 Å². The molecule has 25 heavy (non-hydrogen) atoms. The summed E-state index contributed by atoms with van der Waals surface area (Å²) in [7, 11) is 0. The lowest BCUT2D eigenvalue weighted by Crippen LogP contribution is -2.01. The van der Waals surface area contributed by atoms with Gasteiger partial charge in [-0.15, -0.1) is 0 Å². The molecule has 5 heteroatoms. The molecule has 3 aromatic rings. The van der Waals surface area contributed by atoms with E-state index in [4.69, 9.17) is 11.6 Å². The van der Waals surface area contributed by atoms with Crippen LogP contribution in [-0.4, -0.2) is 9.97 Å². The van der Waals surface area contributed by atoms with Crippen LogP contribution in [0.3, 0.4) is 0 Å². The first kappa shape index (κ1) is 16.7. The Morgan fingerprint density at radius 1 is 0.880 bits per heavy atom. The van der Waals surface area contributed by atoms with Gasteiger partial charge in [-0.25, -0.2) is 4.98 Å². The van der Waals surface area contributed by atoms with Crippen LogP contribution in [0.2, 0.25) is 5.02 Å². The molecule has 0 spiro atoms. The van der Waals surface area contributed by atoms with Gasteiger partial charge in [-0.3, -0.25) is 0 Å². The molecule has 124 valence electrons. The van der Waals surface area contributed by atoms with Crippen LogP contribution in [-0.2, 0) is 0 Å². The third-order valence-electron chi connectivity index (χ3n) is 3.51. The van der Waals surface area contributed by atoms with Gasteiger partial charge in [0.2, 0.25) is 5.95 Å². The SMILES string of the molecule is C=Cc1cccc(Nc2ncc(Cl)c(Nc3cccc(C=C)c3)n2)c1. The maximum atomic E-state index is 6.22. The molecule has 1 heterocycles. The molecule has 0 fully saturated rings. The fourth-order valence-electron chi connectivity index (χ4n) is 2.27. The van der Waals surface area contributed by atoms with Gasteiger partial charge in [-0.1, -0.05) is 61.2 Å². The van der Waals surface area contributed by atoms with Crippen molar-refractivity contribution in [2.75, 3.05) is 10.6 Å². The molecule has 0 unspecified atom stereocenters. The number of hydrogen-bond acceptors (Lipinski definition) is 4. The summed E-state index contributed by atoms with van der Waals surface area (Å²) in [6.45, 7) is 7.55. The molecule has 3 rings (SSSR count). The Hall–Kier alpha value is -3.11. The molecule has 0 saturated carbocycles. The van der Waals surface area contributed by atoms with Crippen LogP contribution >= 0.6 is 11.6 Å². The van der Waals surface area contributed by atoms with E-state index in [0.717, 1.165) is 22.5 Å². The molecule has 0 aliphatic carbocycles. The van der Waals surface area contributed by atoms with Crippen molar-refractivity contribution in [2.24, 2.45) is 0 Å². The number of hydrogen-bond donors (Lipinski definition) is 2. The van der Waals surface area contributed by atoms with E-state index in [2.05, 4.69) is 33.8 Å². The second kappa shape index (κ2) is 7.64. The van der Waals surface area contributed by atoms with Gasteiger partial charge in [-0.05, 0) is 35.4 Å². The molecule has 0 atom stereocenters. The number of nitrogens with zero attached hydrogens (tertiary/aromatic N) is 2. The highest BCUT2D eigenvalue weighted by Crippen LogP contribution is 2.25. The average molecular weight is 349 g/mol. The Morgan fingerprint density at radius 2 is 1.48 bits per heavy atom. The van der Waals surface area contributed by atoms with Gasteiger partial charge in [0.05, 0.1) is 6.20 Å². The van der Waals surface area contributed by atoms with Crippen LogP contribution in [0.1, 0.15) is 11.1 Å². The molecule has 4 nitrogen and oxygen atoms in total.